The molecule has 1 N–H and O–H groups in total. The topological polar surface area (TPSA) is 26.7 Å². The zero-order valence-corrected chi connectivity index (χ0v) is 13.5. The lowest BCUT2D eigenvalue weighted by atomic mass is 10.0. The second-order valence-electron chi connectivity index (χ2n) is 5.55. The molecule has 2 rings (SSSR count). The third kappa shape index (κ3) is 3.50. The number of piperidine rings is 1. The van der Waals surface area contributed by atoms with Gasteiger partial charge in [-0.3, -0.25) is 0 Å². The van der Waals surface area contributed by atoms with Crippen LogP contribution in [0.3, 0.4) is 0 Å². The fraction of sp³-hybridized carbons (Fsp3) is 0.600. The Bertz CT molecular complexity index is 436. The molecule has 2 atom stereocenters. The van der Waals surface area contributed by atoms with Crippen LogP contribution in [0.2, 0.25) is 0 Å². The Hall–Kier alpha value is -0.580. The predicted octanol–water partition coefficient (Wildman–Crippen LogP) is 3.03. The molecule has 0 amide bonds. The van der Waals surface area contributed by atoms with Gasteiger partial charge in [0, 0.05) is 29.8 Å². The van der Waals surface area contributed by atoms with Gasteiger partial charge in [-0.1, -0.05) is 22.0 Å². The van der Waals surface area contributed by atoms with E-state index in [-0.39, 0.29) is 0 Å². The quantitative estimate of drug-likeness (QED) is 0.924. The van der Waals surface area contributed by atoms with Gasteiger partial charge in [-0.25, -0.2) is 0 Å². The molecule has 1 fully saturated rings. The van der Waals surface area contributed by atoms with Crippen molar-refractivity contribution in [1.82, 2.24) is 4.90 Å². The molecule has 1 aliphatic heterocycles. The molecule has 0 radical (unpaired) electrons. The highest BCUT2D eigenvalue weighted by atomic mass is 79.9. The van der Waals surface area contributed by atoms with Crippen molar-refractivity contribution in [3.63, 3.8) is 0 Å². The van der Waals surface area contributed by atoms with Crippen molar-refractivity contribution in [3.8, 4) is 0 Å². The van der Waals surface area contributed by atoms with Crippen LogP contribution >= 0.6 is 15.9 Å². The van der Waals surface area contributed by atoms with Crippen molar-refractivity contribution < 1.29 is 5.11 Å². The highest BCUT2D eigenvalue weighted by Gasteiger charge is 2.21. The molecule has 0 spiro atoms. The van der Waals surface area contributed by atoms with Crippen LogP contribution in [0.4, 0.5) is 5.69 Å². The molecule has 0 aliphatic carbocycles. The number of hydrogen-bond acceptors (Lipinski definition) is 3. The van der Waals surface area contributed by atoms with Gasteiger partial charge in [0.15, 0.2) is 0 Å². The Kier molecular flexibility index (Phi) is 4.87. The van der Waals surface area contributed by atoms with Gasteiger partial charge in [0.1, 0.15) is 0 Å². The van der Waals surface area contributed by atoms with Gasteiger partial charge in [-0.15, -0.1) is 0 Å². The van der Waals surface area contributed by atoms with Crippen molar-refractivity contribution in [2.24, 2.45) is 0 Å². The molecule has 1 aromatic carbocycles. The van der Waals surface area contributed by atoms with Gasteiger partial charge in [0.05, 0.1) is 6.10 Å². The minimum atomic E-state index is -0.436. The summed E-state index contributed by atoms with van der Waals surface area (Å²) in [6.07, 6.45) is 2.07. The number of anilines is 1. The van der Waals surface area contributed by atoms with Crippen molar-refractivity contribution in [1.29, 1.82) is 0 Å². The van der Waals surface area contributed by atoms with Gasteiger partial charge in [-0.2, -0.15) is 0 Å². The molecule has 1 aromatic rings. The Labute approximate surface area is 124 Å². The maximum atomic E-state index is 9.67. The van der Waals surface area contributed by atoms with E-state index in [1.54, 1.807) is 6.92 Å². The average Bonchev–Trinajstić information content (AvgIpc) is 2.37. The maximum Gasteiger partial charge on any atom is 0.0772 e. The second kappa shape index (κ2) is 6.25. The lowest BCUT2D eigenvalue weighted by molar-refractivity contribution is 0.198. The summed E-state index contributed by atoms with van der Waals surface area (Å²) in [6.45, 7) is 4.11. The summed E-state index contributed by atoms with van der Waals surface area (Å²) in [4.78, 5) is 4.75. The first-order valence-electron chi connectivity index (χ1n) is 6.88. The lowest BCUT2D eigenvalue weighted by Crippen LogP contribution is -2.45. The van der Waals surface area contributed by atoms with E-state index in [0.29, 0.717) is 6.04 Å². The van der Waals surface area contributed by atoms with E-state index in [0.717, 1.165) is 16.6 Å². The first-order chi connectivity index (χ1) is 8.99. The Morgan fingerprint density at radius 1 is 1.47 bits per heavy atom. The third-order valence-corrected chi connectivity index (χ3v) is 4.68. The minimum Gasteiger partial charge on any atom is -0.389 e. The SMILES string of the molecule is CC(O)c1ccc(N(C)C2CCCN(C)C2)cc1Br. The highest BCUT2D eigenvalue weighted by molar-refractivity contribution is 9.10. The van der Waals surface area contributed by atoms with E-state index < -0.39 is 6.10 Å². The number of rotatable bonds is 3. The van der Waals surface area contributed by atoms with E-state index >= 15 is 0 Å². The summed E-state index contributed by atoms with van der Waals surface area (Å²) < 4.78 is 0.982. The molecule has 0 aromatic heterocycles. The van der Waals surface area contributed by atoms with E-state index in [9.17, 15) is 5.11 Å². The van der Waals surface area contributed by atoms with Crippen LogP contribution in [0, 0.1) is 0 Å². The molecule has 106 valence electrons. The third-order valence-electron chi connectivity index (χ3n) is 3.99. The van der Waals surface area contributed by atoms with Crippen LogP contribution in [0.1, 0.15) is 31.4 Å². The van der Waals surface area contributed by atoms with Gasteiger partial charge in [0.2, 0.25) is 0 Å². The first-order valence-corrected chi connectivity index (χ1v) is 7.67. The highest BCUT2D eigenvalue weighted by Crippen LogP contribution is 2.29. The molecule has 1 aliphatic rings. The number of benzene rings is 1. The molecule has 2 unspecified atom stereocenters. The van der Waals surface area contributed by atoms with Crippen LogP contribution < -0.4 is 4.90 Å². The van der Waals surface area contributed by atoms with Crippen LogP contribution in [-0.2, 0) is 0 Å². The minimum absolute atomic E-state index is 0.436. The summed E-state index contributed by atoms with van der Waals surface area (Å²) in [5, 5.41) is 9.67. The number of halogens is 1. The average molecular weight is 327 g/mol. The summed E-state index contributed by atoms with van der Waals surface area (Å²) in [6, 6.07) is 6.79. The lowest BCUT2D eigenvalue weighted by Gasteiger charge is -2.37. The second-order valence-corrected chi connectivity index (χ2v) is 6.41. The largest absolute Gasteiger partial charge is 0.389 e. The molecule has 0 bridgehead atoms. The zero-order valence-electron chi connectivity index (χ0n) is 11.9. The summed E-state index contributed by atoms with van der Waals surface area (Å²) in [5.74, 6) is 0. The van der Waals surface area contributed by atoms with Gasteiger partial charge in [-0.05, 0) is 51.1 Å². The normalized spacial score (nSPS) is 22.3. The summed E-state index contributed by atoms with van der Waals surface area (Å²) >= 11 is 3.55. The molecular formula is C15H23BrN2O. The van der Waals surface area contributed by atoms with Gasteiger partial charge < -0.3 is 14.9 Å². The van der Waals surface area contributed by atoms with Crippen LogP contribution in [0.25, 0.3) is 0 Å². The molecule has 1 heterocycles. The molecule has 3 nitrogen and oxygen atoms in total. The first kappa shape index (κ1) is 14.8. The molecule has 1 saturated heterocycles. The monoisotopic (exact) mass is 326 g/mol. The fourth-order valence-corrected chi connectivity index (χ4v) is 3.44. The Balaban J connectivity index is 2.15. The van der Waals surface area contributed by atoms with Crippen molar-refractivity contribution >= 4 is 21.6 Å². The van der Waals surface area contributed by atoms with E-state index in [2.05, 4.69) is 52.0 Å². The van der Waals surface area contributed by atoms with Crippen LogP contribution in [-0.4, -0.2) is 43.2 Å². The fourth-order valence-electron chi connectivity index (χ4n) is 2.74. The van der Waals surface area contributed by atoms with Crippen molar-refractivity contribution in [3.05, 3.63) is 28.2 Å². The number of likely N-dealkylation sites (tertiary alicyclic amines) is 1. The predicted molar refractivity (Wildman–Crippen MR) is 83.7 cm³/mol. The summed E-state index contributed by atoms with van der Waals surface area (Å²) in [5.41, 5.74) is 2.15. The number of hydrogen-bond donors (Lipinski definition) is 1. The summed E-state index contributed by atoms with van der Waals surface area (Å²) in [7, 11) is 4.35. The molecular weight excluding hydrogens is 304 g/mol. The number of nitrogens with zero attached hydrogens (tertiary/aromatic N) is 2. The van der Waals surface area contributed by atoms with Gasteiger partial charge in [0.25, 0.3) is 0 Å². The Morgan fingerprint density at radius 3 is 2.79 bits per heavy atom. The van der Waals surface area contributed by atoms with E-state index in [1.807, 2.05) is 6.07 Å². The van der Waals surface area contributed by atoms with E-state index in [4.69, 9.17) is 0 Å². The van der Waals surface area contributed by atoms with Gasteiger partial charge >= 0.3 is 0 Å². The number of likely N-dealkylation sites (N-methyl/N-ethyl adjacent to an activating group) is 2. The Morgan fingerprint density at radius 2 is 2.21 bits per heavy atom. The smallest absolute Gasteiger partial charge is 0.0772 e. The maximum absolute atomic E-state index is 9.67. The number of aliphatic hydroxyl groups is 1. The van der Waals surface area contributed by atoms with Crippen LogP contribution in [0.15, 0.2) is 22.7 Å². The molecule has 4 heteroatoms. The van der Waals surface area contributed by atoms with E-state index in [1.165, 1.54) is 25.1 Å². The van der Waals surface area contributed by atoms with Crippen LogP contribution in [0.5, 0.6) is 0 Å². The zero-order chi connectivity index (χ0) is 14.0. The van der Waals surface area contributed by atoms with Crippen molar-refractivity contribution in [2.45, 2.75) is 31.9 Å². The standard InChI is InChI=1S/C15H23BrN2O/c1-11(19)14-7-6-12(9-15(14)16)18(3)13-5-4-8-17(2)10-13/h6-7,9,11,13,19H,4-5,8,10H2,1-3H3. The van der Waals surface area contributed by atoms with Crippen molar-refractivity contribution in [2.75, 3.05) is 32.1 Å². The molecule has 19 heavy (non-hydrogen) atoms. The molecule has 0 saturated carbocycles. The number of aliphatic hydroxyl groups excluding tert-OH is 1.